The molecule has 1 aromatic rings. The number of nitrogens with zero attached hydrogens (tertiary/aromatic N) is 1. The molecule has 1 aromatic carbocycles. The highest BCUT2D eigenvalue weighted by molar-refractivity contribution is 6.24. The SMILES string of the molecule is CCc1cc(N2CCCCC2)c(O)c2c1C[C@H]1C[C@H]3CC(O)=C(C(N)=O)C(=O)[C@@]3(O)C(C)=C1C2=O. The number of allylic oxidation sites excluding steroid dienone is 2. The fourth-order valence-electron chi connectivity index (χ4n) is 6.79. The number of piperidine rings is 1. The molecule has 4 aliphatic rings. The maximum absolute atomic E-state index is 14.0. The first-order valence-electron chi connectivity index (χ1n) is 12.5. The van der Waals surface area contributed by atoms with E-state index in [1.165, 1.54) is 0 Å². The number of Topliss-reactive ketones (excluding diaryl/α,β-unsaturated/α-hetero) is 2. The van der Waals surface area contributed by atoms with Crippen molar-refractivity contribution < 1.29 is 29.7 Å². The van der Waals surface area contributed by atoms with Crippen molar-refractivity contribution >= 4 is 23.2 Å². The van der Waals surface area contributed by atoms with Crippen LogP contribution in [-0.2, 0) is 22.4 Å². The second-order valence-corrected chi connectivity index (χ2v) is 10.3. The summed E-state index contributed by atoms with van der Waals surface area (Å²) >= 11 is 0. The third-order valence-electron chi connectivity index (χ3n) is 8.57. The molecule has 8 nitrogen and oxygen atoms in total. The molecule has 8 heteroatoms. The monoisotopic (exact) mass is 480 g/mol. The number of ketones is 2. The van der Waals surface area contributed by atoms with E-state index in [4.69, 9.17) is 5.73 Å². The molecule has 0 saturated carbocycles. The molecule has 3 aliphatic carbocycles. The normalized spacial score (nSPS) is 28.6. The van der Waals surface area contributed by atoms with E-state index in [9.17, 15) is 29.7 Å². The summed E-state index contributed by atoms with van der Waals surface area (Å²) in [6.07, 6.45) is 4.63. The van der Waals surface area contributed by atoms with Crippen LogP contribution in [0.4, 0.5) is 5.69 Å². The van der Waals surface area contributed by atoms with Crippen LogP contribution >= 0.6 is 0 Å². The number of amides is 1. The van der Waals surface area contributed by atoms with Gasteiger partial charge in [-0.25, -0.2) is 0 Å². The van der Waals surface area contributed by atoms with E-state index in [1.54, 1.807) is 6.92 Å². The molecule has 35 heavy (non-hydrogen) atoms. The third kappa shape index (κ3) is 3.26. The van der Waals surface area contributed by atoms with Crippen LogP contribution in [0.25, 0.3) is 0 Å². The fraction of sp³-hybridized carbons (Fsp3) is 0.519. The second kappa shape index (κ2) is 8.22. The van der Waals surface area contributed by atoms with Crippen LogP contribution in [0.3, 0.4) is 0 Å². The molecule has 1 amide bonds. The van der Waals surface area contributed by atoms with Gasteiger partial charge in [0.25, 0.3) is 5.91 Å². The zero-order valence-electron chi connectivity index (χ0n) is 20.2. The average molecular weight is 481 g/mol. The summed E-state index contributed by atoms with van der Waals surface area (Å²) in [7, 11) is 0. The smallest absolute Gasteiger partial charge is 0.255 e. The quantitative estimate of drug-likeness (QED) is 0.487. The minimum Gasteiger partial charge on any atom is -0.511 e. The molecule has 1 saturated heterocycles. The minimum atomic E-state index is -2.09. The lowest BCUT2D eigenvalue weighted by Gasteiger charge is -2.47. The highest BCUT2D eigenvalue weighted by Gasteiger charge is 2.57. The van der Waals surface area contributed by atoms with Gasteiger partial charge in [-0.05, 0) is 74.1 Å². The van der Waals surface area contributed by atoms with Gasteiger partial charge in [0.15, 0.2) is 11.4 Å². The number of aryl methyl sites for hydroxylation is 1. The number of nitrogens with two attached hydrogens (primary N) is 1. The average Bonchev–Trinajstić information content (AvgIpc) is 2.82. The Labute approximate surface area is 204 Å². The molecule has 1 heterocycles. The summed E-state index contributed by atoms with van der Waals surface area (Å²) in [4.78, 5) is 41.2. The maximum atomic E-state index is 14.0. The minimum absolute atomic E-state index is 0.0395. The van der Waals surface area contributed by atoms with Crippen LogP contribution in [0.1, 0.15) is 67.4 Å². The Bertz CT molecular complexity index is 1220. The summed E-state index contributed by atoms with van der Waals surface area (Å²) in [5.41, 5.74) is 5.90. The third-order valence-corrected chi connectivity index (χ3v) is 8.57. The molecule has 5 rings (SSSR count). The first kappa shape index (κ1) is 23.6. The number of hydrogen-bond donors (Lipinski definition) is 4. The highest BCUT2D eigenvalue weighted by Crippen LogP contribution is 2.53. The number of benzene rings is 1. The molecule has 0 bridgehead atoms. The zero-order valence-corrected chi connectivity index (χ0v) is 20.2. The van der Waals surface area contributed by atoms with Crippen molar-refractivity contribution in [3.63, 3.8) is 0 Å². The Kier molecular flexibility index (Phi) is 5.55. The number of carbonyl (C=O) groups is 3. The second-order valence-electron chi connectivity index (χ2n) is 10.3. The van der Waals surface area contributed by atoms with E-state index in [-0.39, 0.29) is 35.0 Å². The molecule has 0 unspecified atom stereocenters. The number of carbonyl (C=O) groups excluding carboxylic acids is 3. The Balaban J connectivity index is 1.66. The summed E-state index contributed by atoms with van der Waals surface area (Å²) < 4.78 is 0. The lowest BCUT2D eigenvalue weighted by molar-refractivity contribution is -0.140. The molecular formula is C27H32N2O6. The van der Waals surface area contributed by atoms with Crippen LogP contribution in [0, 0.1) is 11.8 Å². The van der Waals surface area contributed by atoms with E-state index in [1.807, 2.05) is 13.0 Å². The van der Waals surface area contributed by atoms with E-state index in [0.717, 1.165) is 43.5 Å². The molecule has 3 atom stereocenters. The van der Waals surface area contributed by atoms with Crippen molar-refractivity contribution in [2.24, 2.45) is 17.6 Å². The van der Waals surface area contributed by atoms with Gasteiger partial charge in [0.2, 0.25) is 5.78 Å². The van der Waals surface area contributed by atoms with Crippen molar-refractivity contribution in [2.75, 3.05) is 18.0 Å². The number of aliphatic hydroxyl groups excluding tert-OH is 1. The Morgan fingerprint density at radius 1 is 1.17 bits per heavy atom. The van der Waals surface area contributed by atoms with Crippen molar-refractivity contribution in [2.45, 2.75) is 64.4 Å². The summed E-state index contributed by atoms with van der Waals surface area (Å²) in [5, 5.41) is 33.3. The van der Waals surface area contributed by atoms with Gasteiger partial charge in [0, 0.05) is 31.0 Å². The Morgan fingerprint density at radius 2 is 1.86 bits per heavy atom. The van der Waals surface area contributed by atoms with E-state index < -0.39 is 34.5 Å². The molecular weight excluding hydrogens is 448 g/mol. The molecule has 0 radical (unpaired) electrons. The topological polar surface area (TPSA) is 141 Å². The molecule has 186 valence electrons. The van der Waals surface area contributed by atoms with Gasteiger partial charge in [-0.15, -0.1) is 0 Å². The number of rotatable bonds is 3. The maximum Gasteiger partial charge on any atom is 0.255 e. The first-order chi connectivity index (χ1) is 16.6. The standard InChI is InChI=1S/C27H32N2O6/c1-3-14-11-18(29-7-5-4-6-8-29)23(31)21-17(14)10-15-9-16-12-19(30)22(26(28)34)25(33)27(16,35)13(2)20(15)24(21)32/h11,15-16,30-31,35H,3-10,12H2,1-2H3,(H2,28,34)/t15-,16+,27-/m1/s1. The number of aliphatic hydroxyl groups is 2. The number of fused-ring (bicyclic) bond motifs is 3. The van der Waals surface area contributed by atoms with Gasteiger partial charge in [0.1, 0.15) is 17.1 Å². The largest absolute Gasteiger partial charge is 0.511 e. The van der Waals surface area contributed by atoms with Crippen LogP contribution in [0.2, 0.25) is 0 Å². The lowest BCUT2D eigenvalue weighted by Crippen LogP contribution is -2.56. The summed E-state index contributed by atoms with van der Waals surface area (Å²) in [6, 6.07) is 2.01. The molecule has 1 fully saturated rings. The molecule has 1 aliphatic heterocycles. The van der Waals surface area contributed by atoms with Crippen molar-refractivity contribution in [3.05, 3.63) is 45.2 Å². The van der Waals surface area contributed by atoms with E-state index in [0.29, 0.717) is 30.5 Å². The van der Waals surface area contributed by atoms with Crippen molar-refractivity contribution in [3.8, 4) is 5.75 Å². The van der Waals surface area contributed by atoms with Crippen LogP contribution < -0.4 is 10.6 Å². The number of phenols is 1. The fourth-order valence-corrected chi connectivity index (χ4v) is 6.79. The van der Waals surface area contributed by atoms with Crippen molar-refractivity contribution in [1.29, 1.82) is 0 Å². The number of phenolic OH excluding ortho intramolecular Hbond substituents is 1. The van der Waals surface area contributed by atoms with Gasteiger partial charge in [0.05, 0.1) is 11.3 Å². The van der Waals surface area contributed by atoms with Crippen molar-refractivity contribution in [1.82, 2.24) is 0 Å². The highest BCUT2D eigenvalue weighted by atomic mass is 16.3. The summed E-state index contributed by atoms with van der Waals surface area (Å²) in [6.45, 7) is 5.20. The Morgan fingerprint density at radius 3 is 2.49 bits per heavy atom. The van der Waals surface area contributed by atoms with E-state index >= 15 is 0 Å². The van der Waals surface area contributed by atoms with Crippen LogP contribution in [0.5, 0.6) is 5.75 Å². The predicted molar refractivity (Wildman–Crippen MR) is 129 cm³/mol. The van der Waals surface area contributed by atoms with Gasteiger partial charge in [-0.1, -0.05) is 6.92 Å². The number of primary amides is 1. The van der Waals surface area contributed by atoms with Gasteiger partial charge >= 0.3 is 0 Å². The lowest BCUT2D eigenvalue weighted by atomic mass is 9.58. The molecule has 0 aromatic heterocycles. The predicted octanol–water partition coefficient (Wildman–Crippen LogP) is 2.64. The van der Waals surface area contributed by atoms with Gasteiger partial charge in [-0.3, -0.25) is 14.4 Å². The van der Waals surface area contributed by atoms with Gasteiger partial charge < -0.3 is 26.0 Å². The van der Waals surface area contributed by atoms with Crippen LogP contribution in [-0.4, -0.2) is 51.5 Å². The van der Waals surface area contributed by atoms with Gasteiger partial charge in [-0.2, -0.15) is 0 Å². The zero-order chi connectivity index (χ0) is 25.2. The molecule has 0 spiro atoms. The number of anilines is 1. The number of hydrogen-bond acceptors (Lipinski definition) is 7. The summed E-state index contributed by atoms with van der Waals surface area (Å²) in [5.74, 6) is -3.82. The number of aromatic hydroxyl groups is 1. The Hall–Kier alpha value is -3.13. The first-order valence-corrected chi connectivity index (χ1v) is 12.5. The molecule has 5 N–H and O–H groups in total. The van der Waals surface area contributed by atoms with Crippen LogP contribution in [0.15, 0.2) is 28.5 Å². The van der Waals surface area contributed by atoms with E-state index in [2.05, 4.69) is 4.90 Å².